The van der Waals surface area contributed by atoms with Gasteiger partial charge in [-0.3, -0.25) is 0 Å². The van der Waals surface area contributed by atoms with Crippen molar-refractivity contribution in [3.05, 3.63) is 119 Å². The van der Waals surface area contributed by atoms with Crippen molar-refractivity contribution in [3.8, 4) is 0 Å². The molecule has 4 rings (SSSR count). The van der Waals surface area contributed by atoms with Gasteiger partial charge in [-0.25, -0.2) is 0 Å². The van der Waals surface area contributed by atoms with E-state index in [2.05, 4.69) is 13.8 Å². The smallest absolute Gasteiger partial charge is 0.117 e. The van der Waals surface area contributed by atoms with E-state index in [-0.39, 0.29) is 0 Å². The van der Waals surface area contributed by atoms with Crippen LogP contribution in [-0.2, 0) is 15.9 Å². The van der Waals surface area contributed by atoms with Crippen LogP contribution in [0.1, 0.15) is 36.1 Å². The van der Waals surface area contributed by atoms with Crippen LogP contribution in [0.3, 0.4) is 0 Å². The summed E-state index contributed by atoms with van der Waals surface area (Å²) in [5.74, 6) is 0. The number of benzene rings is 4. The number of rotatable bonds is 6. The number of anilines is 4. The molecule has 8 N–H and O–H groups in total. The molecule has 0 fully saturated rings. The van der Waals surface area contributed by atoms with Gasteiger partial charge in [0.05, 0.1) is 0 Å². The second kappa shape index (κ2) is 8.52. The van der Waals surface area contributed by atoms with Crippen molar-refractivity contribution < 1.29 is 4.74 Å². The molecule has 0 radical (unpaired) electrons. The molecule has 0 aliphatic rings. The van der Waals surface area contributed by atoms with E-state index < -0.39 is 11.2 Å². The second-order valence-electron chi connectivity index (χ2n) is 8.66. The van der Waals surface area contributed by atoms with Gasteiger partial charge < -0.3 is 27.7 Å². The van der Waals surface area contributed by atoms with Crippen LogP contribution in [0.2, 0.25) is 0 Å². The third kappa shape index (κ3) is 4.36. The Hall–Kier alpha value is -3.96. The third-order valence-corrected chi connectivity index (χ3v) is 6.25. The monoisotopic (exact) mass is 438 g/mol. The highest BCUT2D eigenvalue weighted by atomic mass is 16.5. The van der Waals surface area contributed by atoms with Gasteiger partial charge in [0.25, 0.3) is 0 Å². The zero-order valence-electron chi connectivity index (χ0n) is 19.0. The summed E-state index contributed by atoms with van der Waals surface area (Å²) in [6.45, 7) is 4.13. The Morgan fingerprint density at radius 2 is 0.576 bits per heavy atom. The molecule has 0 saturated heterocycles. The summed E-state index contributed by atoms with van der Waals surface area (Å²) in [5.41, 5.74) is 29.0. The van der Waals surface area contributed by atoms with Crippen molar-refractivity contribution in [2.24, 2.45) is 0 Å². The van der Waals surface area contributed by atoms with Gasteiger partial charge in [-0.1, -0.05) is 48.5 Å². The topological polar surface area (TPSA) is 113 Å². The summed E-state index contributed by atoms with van der Waals surface area (Å²) in [6, 6.07) is 31.1. The molecular weight excluding hydrogens is 408 g/mol. The van der Waals surface area contributed by atoms with Crippen LogP contribution in [0, 0.1) is 0 Å². The maximum atomic E-state index is 7.17. The summed E-state index contributed by atoms with van der Waals surface area (Å²) in [5, 5.41) is 0. The quantitative estimate of drug-likeness (QED) is 0.307. The van der Waals surface area contributed by atoms with Crippen molar-refractivity contribution >= 4 is 22.7 Å². The Morgan fingerprint density at radius 3 is 0.758 bits per heavy atom. The molecule has 5 heteroatoms. The first kappa shape index (κ1) is 22.2. The molecule has 0 aliphatic heterocycles. The van der Waals surface area contributed by atoms with Crippen LogP contribution in [0.25, 0.3) is 0 Å². The molecular formula is C28H30N4O. The highest BCUT2D eigenvalue weighted by molar-refractivity contribution is 5.50. The fourth-order valence-electron chi connectivity index (χ4n) is 4.18. The number of nitrogen functional groups attached to an aromatic ring is 4. The normalized spacial score (nSPS) is 11.9. The summed E-state index contributed by atoms with van der Waals surface area (Å²) in [6.07, 6.45) is 0. The lowest BCUT2D eigenvalue weighted by Gasteiger charge is -2.42. The first-order valence-electron chi connectivity index (χ1n) is 10.8. The number of nitrogens with two attached hydrogens (primary N) is 4. The van der Waals surface area contributed by atoms with E-state index in [1.54, 1.807) is 0 Å². The molecule has 0 atom stereocenters. The summed E-state index contributed by atoms with van der Waals surface area (Å²) in [4.78, 5) is 0. The molecule has 168 valence electrons. The molecule has 4 aromatic carbocycles. The fraction of sp³-hybridized carbons (Fsp3) is 0.143. The molecule has 0 unspecified atom stereocenters. The zero-order valence-corrected chi connectivity index (χ0v) is 19.0. The largest absolute Gasteiger partial charge is 0.399 e. The number of hydrogen-bond acceptors (Lipinski definition) is 5. The van der Waals surface area contributed by atoms with Crippen LogP contribution in [0.4, 0.5) is 22.7 Å². The zero-order chi connectivity index (χ0) is 23.6. The molecule has 0 amide bonds. The molecule has 0 aromatic heterocycles. The van der Waals surface area contributed by atoms with Gasteiger partial charge >= 0.3 is 0 Å². The van der Waals surface area contributed by atoms with Crippen molar-refractivity contribution in [2.45, 2.75) is 25.0 Å². The molecule has 4 aromatic rings. The maximum absolute atomic E-state index is 7.17. The summed E-state index contributed by atoms with van der Waals surface area (Å²) < 4.78 is 7.17. The number of hydrogen-bond donors (Lipinski definition) is 4. The first-order chi connectivity index (χ1) is 15.7. The van der Waals surface area contributed by atoms with E-state index in [0.717, 1.165) is 22.3 Å². The van der Waals surface area contributed by atoms with E-state index in [0.29, 0.717) is 22.7 Å². The average Bonchev–Trinajstić information content (AvgIpc) is 2.80. The molecule has 33 heavy (non-hydrogen) atoms. The van der Waals surface area contributed by atoms with Crippen molar-refractivity contribution in [3.63, 3.8) is 0 Å². The van der Waals surface area contributed by atoms with Gasteiger partial charge in [0.1, 0.15) is 11.2 Å². The molecule has 0 spiro atoms. The standard InChI is InChI=1S/C28H30N4O/c1-27(19-3-11-23(29)12-4-19,20-5-13-24(30)14-6-20)33-28(2,21-7-15-25(31)16-8-21)22-9-17-26(32)18-10-22/h3-18H,29-32H2,1-2H3. The van der Waals surface area contributed by atoms with E-state index in [1.165, 1.54) is 0 Å². The van der Waals surface area contributed by atoms with Crippen molar-refractivity contribution in [1.29, 1.82) is 0 Å². The van der Waals surface area contributed by atoms with Crippen LogP contribution in [0.15, 0.2) is 97.1 Å². The molecule has 0 heterocycles. The van der Waals surface area contributed by atoms with Crippen LogP contribution < -0.4 is 22.9 Å². The summed E-state index contributed by atoms with van der Waals surface area (Å²) in [7, 11) is 0. The SMILES string of the molecule is CC(OC(C)(c1ccc(N)cc1)c1ccc(N)cc1)(c1ccc(N)cc1)c1ccc(N)cc1. The first-order valence-corrected chi connectivity index (χ1v) is 10.8. The molecule has 0 saturated carbocycles. The van der Waals surface area contributed by atoms with Crippen LogP contribution in [-0.4, -0.2) is 0 Å². The van der Waals surface area contributed by atoms with Gasteiger partial charge in [0.15, 0.2) is 0 Å². The minimum Gasteiger partial charge on any atom is -0.399 e. The Kier molecular flexibility index (Phi) is 5.75. The Labute approximate surface area is 195 Å². The van der Waals surface area contributed by atoms with Gasteiger partial charge in [0, 0.05) is 22.7 Å². The van der Waals surface area contributed by atoms with E-state index in [9.17, 15) is 0 Å². The highest BCUT2D eigenvalue weighted by Gasteiger charge is 2.41. The number of ether oxygens (including phenoxy) is 1. The fourth-order valence-corrected chi connectivity index (χ4v) is 4.18. The van der Waals surface area contributed by atoms with E-state index in [4.69, 9.17) is 27.7 Å². The van der Waals surface area contributed by atoms with Gasteiger partial charge in [-0.15, -0.1) is 0 Å². The van der Waals surface area contributed by atoms with Crippen molar-refractivity contribution in [1.82, 2.24) is 0 Å². The minimum absolute atomic E-state index is 0.693. The van der Waals surface area contributed by atoms with E-state index in [1.807, 2.05) is 97.1 Å². The third-order valence-electron chi connectivity index (χ3n) is 6.25. The Bertz CT molecular complexity index is 1030. The van der Waals surface area contributed by atoms with Crippen LogP contribution in [0.5, 0.6) is 0 Å². The molecule has 0 bridgehead atoms. The van der Waals surface area contributed by atoms with Gasteiger partial charge in [0.2, 0.25) is 0 Å². The maximum Gasteiger partial charge on any atom is 0.117 e. The van der Waals surface area contributed by atoms with Crippen molar-refractivity contribution in [2.75, 3.05) is 22.9 Å². The predicted molar refractivity (Wildman–Crippen MR) is 137 cm³/mol. The highest BCUT2D eigenvalue weighted by Crippen LogP contribution is 2.44. The Balaban J connectivity index is 1.92. The lowest BCUT2D eigenvalue weighted by Crippen LogP contribution is -2.39. The summed E-state index contributed by atoms with van der Waals surface area (Å²) >= 11 is 0. The average molecular weight is 439 g/mol. The minimum atomic E-state index is -0.821. The van der Waals surface area contributed by atoms with Gasteiger partial charge in [-0.2, -0.15) is 0 Å². The lowest BCUT2D eigenvalue weighted by molar-refractivity contribution is -0.106. The Morgan fingerprint density at radius 1 is 0.394 bits per heavy atom. The van der Waals surface area contributed by atoms with Gasteiger partial charge in [-0.05, 0) is 84.6 Å². The molecule has 0 aliphatic carbocycles. The molecule has 5 nitrogen and oxygen atoms in total. The van der Waals surface area contributed by atoms with Crippen LogP contribution >= 0.6 is 0 Å². The lowest BCUT2D eigenvalue weighted by atomic mass is 9.83. The predicted octanol–water partition coefficient (Wildman–Crippen LogP) is 5.26. The van der Waals surface area contributed by atoms with E-state index >= 15 is 0 Å². The second-order valence-corrected chi connectivity index (χ2v) is 8.66.